The first kappa shape index (κ1) is 16.2. The number of carbonyl (C=O) groups excluding carboxylic acids is 1. The van der Waals surface area contributed by atoms with Crippen molar-refractivity contribution in [2.24, 2.45) is 5.41 Å². The third-order valence-electron chi connectivity index (χ3n) is 3.22. The molecule has 0 aliphatic rings. The van der Waals surface area contributed by atoms with Gasteiger partial charge in [-0.3, -0.25) is 9.59 Å². The quantitative estimate of drug-likeness (QED) is 0.839. The van der Waals surface area contributed by atoms with Crippen LogP contribution in [0.3, 0.4) is 0 Å². The van der Waals surface area contributed by atoms with Gasteiger partial charge in [-0.15, -0.1) is 0 Å². The van der Waals surface area contributed by atoms with Crippen molar-refractivity contribution in [2.75, 3.05) is 0 Å². The fraction of sp³-hybridized carbons (Fsp3) is 0.500. The van der Waals surface area contributed by atoms with Gasteiger partial charge in [-0.05, 0) is 24.8 Å². The molecule has 1 amide bonds. The third kappa shape index (κ3) is 5.43. The molecular formula is C16H23NO3. The van der Waals surface area contributed by atoms with Crippen LogP contribution < -0.4 is 5.32 Å². The first-order valence-corrected chi connectivity index (χ1v) is 6.77. The second-order valence-electron chi connectivity index (χ2n) is 6.11. The highest BCUT2D eigenvalue weighted by molar-refractivity contribution is 5.78. The summed E-state index contributed by atoms with van der Waals surface area (Å²) < 4.78 is 0. The predicted octanol–water partition coefficient (Wildman–Crippen LogP) is 3.06. The molecule has 1 aromatic carbocycles. The Morgan fingerprint density at radius 3 is 2.25 bits per heavy atom. The van der Waals surface area contributed by atoms with Crippen LogP contribution in [0, 0.1) is 12.3 Å². The van der Waals surface area contributed by atoms with Crippen molar-refractivity contribution in [3.63, 3.8) is 0 Å². The van der Waals surface area contributed by atoms with E-state index in [0.29, 0.717) is 0 Å². The highest BCUT2D eigenvalue weighted by atomic mass is 16.4. The maximum atomic E-state index is 12.0. The Labute approximate surface area is 120 Å². The Morgan fingerprint density at radius 2 is 1.75 bits per heavy atom. The van der Waals surface area contributed by atoms with Gasteiger partial charge in [0.1, 0.15) is 0 Å². The van der Waals surface area contributed by atoms with Crippen LogP contribution in [0.1, 0.15) is 50.8 Å². The Balaban J connectivity index is 2.57. The highest BCUT2D eigenvalue weighted by Gasteiger charge is 2.25. The van der Waals surface area contributed by atoms with Crippen LogP contribution in [0.2, 0.25) is 0 Å². The lowest BCUT2D eigenvalue weighted by molar-refractivity contribution is -0.139. The van der Waals surface area contributed by atoms with Gasteiger partial charge in [0.25, 0.3) is 0 Å². The average molecular weight is 277 g/mol. The minimum absolute atomic E-state index is 0.0146. The standard InChI is InChI=1S/C16H23NO3/c1-11-5-7-13(8-6-11)12(2)17-14(18)9-16(3,4)10-15(19)20/h5-8,12H,9-10H2,1-4H3,(H,17,18)(H,19,20)/t12-/m1/s1. The van der Waals surface area contributed by atoms with Gasteiger partial charge in [0.05, 0.1) is 12.5 Å². The summed E-state index contributed by atoms with van der Waals surface area (Å²) in [5.41, 5.74) is 1.68. The lowest BCUT2D eigenvalue weighted by Crippen LogP contribution is -2.31. The second kappa shape index (κ2) is 6.55. The first-order valence-electron chi connectivity index (χ1n) is 6.77. The minimum atomic E-state index is -0.880. The van der Waals surface area contributed by atoms with E-state index in [-0.39, 0.29) is 24.8 Å². The summed E-state index contributed by atoms with van der Waals surface area (Å²) in [6.45, 7) is 7.52. The predicted molar refractivity (Wildman–Crippen MR) is 78.4 cm³/mol. The van der Waals surface area contributed by atoms with Crippen LogP contribution in [0.5, 0.6) is 0 Å². The molecule has 4 heteroatoms. The van der Waals surface area contributed by atoms with Crippen LogP contribution in [0.25, 0.3) is 0 Å². The number of rotatable bonds is 6. The Kier molecular flexibility index (Phi) is 5.31. The molecule has 1 atom stereocenters. The third-order valence-corrected chi connectivity index (χ3v) is 3.22. The van der Waals surface area contributed by atoms with E-state index in [0.717, 1.165) is 5.56 Å². The Hall–Kier alpha value is -1.84. The van der Waals surface area contributed by atoms with Gasteiger partial charge in [-0.25, -0.2) is 0 Å². The van der Waals surface area contributed by atoms with E-state index in [9.17, 15) is 9.59 Å². The van der Waals surface area contributed by atoms with Gasteiger partial charge in [-0.1, -0.05) is 43.7 Å². The molecule has 0 heterocycles. The normalized spacial score (nSPS) is 12.8. The van der Waals surface area contributed by atoms with E-state index < -0.39 is 11.4 Å². The largest absolute Gasteiger partial charge is 0.481 e. The molecule has 0 aliphatic heterocycles. The first-order chi connectivity index (χ1) is 9.19. The Morgan fingerprint density at radius 1 is 1.20 bits per heavy atom. The lowest BCUT2D eigenvalue weighted by atomic mass is 9.85. The van der Waals surface area contributed by atoms with E-state index in [1.807, 2.05) is 38.1 Å². The summed E-state index contributed by atoms with van der Waals surface area (Å²) in [6, 6.07) is 7.91. The van der Waals surface area contributed by atoms with Crippen molar-refractivity contribution < 1.29 is 14.7 Å². The van der Waals surface area contributed by atoms with Crippen molar-refractivity contribution in [3.05, 3.63) is 35.4 Å². The fourth-order valence-electron chi connectivity index (χ4n) is 2.14. The number of carboxylic acids is 1. The number of aliphatic carboxylic acids is 1. The van der Waals surface area contributed by atoms with E-state index in [2.05, 4.69) is 5.32 Å². The number of carbonyl (C=O) groups is 2. The number of nitrogens with one attached hydrogen (secondary N) is 1. The number of hydrogen-bond donors (Lipinski definition) is 2. The molecule has 0 saturated carbocycles. The lowest BCUT2D eigenvalue weighted by Gasteiger charge is -2.23. The zero-order valence-electron chi connectivity index (χ0n) is 12.6. The fourth-order valence-corrected chi connectivity index (χ4v) is 2.14. The van der Waals surface area contributed by atoms with Gasteiger partial charge in [0, 0.05) is 6.42 Å². The zero-order chi connectivity index (χ0) is 15.3. The molecule has 0 unspecified atom stereocenters. The molecule has 110 valence electrons. The van der Waals surface area contributed by atoms with Crippen LogP contribution in [0.15, 0.2) is 24.3 Å². The number of carboxylic acid groups (broad SMARTS) is 1. The van der Waals surface area contributed by atoms with Crippen molar-refractivity contribution in [1.29, 1.82) is 0 Å². The van der Waals surface area contributed by atoms with Gasteiger partial charge in [0.2, 0.25) is 5.91 Å². The molecule has 0 bridgehead atoms. The minimum Gasteiger partial charge on any atom is -0.481 e. The summed E-state index contributed by atoms with van der Waals surface area (Å²) in [6.07, 6.45) is 0.189. The van der Waals surface area contributed by atoms with Gasteiger partial charge >= 0.3 is 5.97 Å². The van der Waals surface area contributed by atoms with E-state index in [1.165, 1.54) is 5.56 Å². The number of amides is 1. The second-order valence-corrected chi connectivity index (χ2v) is 6.11. The van der Waals surface area contributed by atoms with Crippen LogP contribution in [-0.4, -0.2) is 17.0 Å². The zero-order valence-corrected chi connectivity index (χ0v) is 12.6. The monoisotopic (exact) mass is 277 g/mol. The van der Waals surface area contributed by atoms with Crippen molar-refractivity contribution in [3.8, 4) is 0 Å². The van der Waals surface area contributed by atoms with Crippen LogP contribution >= 0.6 is 0 Å². The maximum Gasteiger partial charge on any atom is 0.303 e. The molecule has 2 N–H and O–H groups in total. The van der Waals surface area contributed by atoms with Crippen molar-refractivity contribution >= 4 is 11.9 Å². The molecule has 1 aromatic rings. The summed E-state index contributed by atoms with van der Waals surface area (Å²) in [5, 5.41) is 11.7. The van der Waals surface area contributed by atoms with Crippen LogP contribution in [0.4, 0.5) is 0 Å². The summed E-state index contributed by atoms with van der Waals surface area (Å²) in [4.78, 5) is 22.7. The molecular weight excluding hydrogens is 254 g/mol. The number of benzene rings is 1. The molecule has 0 fully saturated rings. The molecule has 0 radical (unpaired) electrons. The van der Waals surface area contributed by atoms with E-state index in [1.54, 1.807) is 13.8 Å². The molecule has 4 nitrogen and oxygen atoms in total. The molecule has 0 saturated heterocycles. The molecule has 0 aromatic heterocycles. The summed E-state index contributed by atoms with van der Waals surface area (Å²) >= 11 is 0. The summed E-state index contributed by atoms with van der Waals surface area (Å²) in [7, 11) is 0. The SMILES string of the molecule is Cc1ccc([C@@H](C)NC(=O)CC(C)(C)CC(=O)O)cc1. The molecule has 20 heavy (non-hydrogen) atoms. The highest BCUT2D eigenvalue weighted by Crippen LogP contribution is 2.25. The van der Waals surface area contributed by atoms with Gasteiger partial charge < -0.3 is 10.4 Å². The van der Waals surface area contributed by atoms with E-state index >= 15 is 0 Å². The van der Waals surface area contributed by atoms with Crippen molar-refractivity contribution in [1.82, 2.24) is 5.32 Å². The smallest absolute Gasteiger partial charge is 0.303 e. The molecule has 0 aliphatic carbocycles. The molecule has 0 spiro atoms. The maximum absolute atomic E-state index is 12.0. The molecule has 1 rings (SSSR count). The topological polar surface area (TPSA) is 66.4 Å². The Bertz CT molecular complexity index is 477. The number of aryl methyl sites for hydroxylation is 1. The van der Waals surface area contributed by atoms with Gasteiger partial charge in [0.15, 0.2) is 0 Å². The summed E-state index contributed by atoms with van der Waals surface area (Å²) in [5.74, 6) is -1.00. The van der Waals surface area contributed by atoms with Crippen molar-refractivity contribution in [2.45, 2.75) is 46.6 Å². The van der Waals surface area contributed by atoms with E-state index in [4.69, 9.17) is 5.11 Å². The number of hydrogen-bond acceptors (Lipinski definition) is 2. The van der Waals surface area contributed by atoms with Crippen LogP contribution in [-0.2, 0) is 9.59 Å². The van der Waals surface area contributed by atoms with Gasteiger partial charge in [-0.2, -0.15) is 0 Å². The average Bonchev–Trinajstić information content (AvgIpc) is 2.26.